The molecule has 3 aromatic heterocycles. The molecule has 3 aromatic rings. The molecule has 2 aliphatic heterocycles. The second kappa shape index (κ2) is 8.26. The summed E-state index contributed by atoms with van der Waals surface area (Å²) in [6.07, 6.45) is 3.68. The number of aromatic nitrogens is 4. The van der Waals surface area contributed by atoms with Crippen LogP contribution in [-0.2, 0) is 26.1 Å². The Hall–Kier alpha value is -3.00. The van der Waals surface area contributed by atoms with Crippen molar-refractivity contribution in [3.05, 3.63) is 69.6 Å². The lowest BCUT2D eigenvalue weighted by Gasteiger charge is -2.43. The van der Waals surface area contributed by atoms with E-state index in [1.807, 2.05) is 35.9 Å². The van der Waals surface area contributed by atoms with Crippen molar-refractivity contribution in [3.63, 3.8) is 0 Å². The maximum absolute atomic E-state index is 13.3. The molecule has 162 valence electrons. The number of pyridine rings is 1. The number of hydrogen-bond acceptors (Lipinski definition) is 7. The number of aryl methyl sites for hydroxylation is 1. The summed E-state index contributed by atoms with van der Waals surface area (Å²) in [4.78, 5) is 17.7. The van der Waals surface area contributed by atoms with E-state index in [1.165, 1.54) is 0 Å². The lowest BCUT2D eigenvalue weighted by atomic mass is 9.83. The molecule has 5 rings (SSSR count). The van der Waals surface area contributed by atoms with E-state index in [9.17, 15) is 4.79 Å². The van der Waals surface area contributed by atoms with E-state index in [2.05, 4.69) is 38.1 Å². The molecular weight excluding hydrogens is 392 g/mol. The van der Waals surface area contributed by atoms with Crippen molar-refractivity contribution in [1.29, 1.82) is 0 Å². The van der Waals surface area contributed by atoms with Gasteiger partial charge in [-0.2, -0.15) is 5.10 Å². The summed E-state index contributed by atoms with van der Waals surface area (Å²) >= 11 is 0. The normalized spacial score (nSPS) is 20.2. The molecule has 2 aliphatic rings. The first-order valence-electron chi connectivity index (χ1n) is 11.0. The molecule has 1 fully saturated rings. The zero-order valence-electron chi connectivity index (χ0n) is 18.1. The van der Waals surface area contributed by atoms with Gasteiger partial charge in [0.05, 0.1) is 12.2 Å². The Balaban J connectivity index is 1.33. The number of nitrogens with zero attached hydrogens (tertiary/aromatic N) is 6. The van der Waals surface area contributed by atoms with Crippen LogP contribution in [0.25, 0.3) is 0 Å². The highest BCUT2D eigenvalue weighted by Crippen LogP contribution is 2.36. The smallest absolute Gasteiger partial charge is 0.255 e. The van der Waals surface area contributed by atoms with Gasteiger partial charge in [0, 0.05) is 55.6 Å². The maximum atomic E-state index is 13.3. The summed E-state index contributed by atoms with van der Waals surface area (Å²) in [5, 5.41) is 12.4. The van der Waals surface area contributed by atoms with Crippen LogP contribution in [0, 0.1) is 5.92 Å². The van der Waals surface area contributed by atoms with Crippen LogP contribution in [0.4, 0.5) is 5.82 Å². The number of hydrogen-bond donors (Lipinski definition) is 0. The van der Waals surface area contributed by atoms with Crippen LogP contribution in [0.15, 0.2) is 45.8 Å². The van der Waals surface area contributed by atoms with Crippen molar-refractivity contribution in [2.45, 2.75) is 45.3 Å². The SMILES string of the molecule is CCc1cc(CN(C)Cc2ccc3n(c2=O)C[C@H]2C[C@@H]3CN(c3cccnn3)C2)on1. The van der Waals surface area contributed by atoms with Crippen molar-refractivity contribution in [2.75, 3.05) is 25.0 Å². The molecule has 2 atom stereocenters. The first-order chi connectivity index (χ1) is 15.1. The second-order valence-corrected chi connectivity index (χ2v) is 8.80. The average Bonchev–Trinajstić information content (AvgIpc) is 3.24. The van der Waals surface area contributed by atoms with E-state index in [0.717, 1.165) is 61.0 Å². The Bertz CT molecular complexity index is 1110. The lowest BCUT2D eigenvalue weighted by Crippen LogP contribution is -2.48. The van der Waals surface area contributed by atoms with Crippen molar-refractivity contribution < 1.29 is 4.52 Å². The summed E-state index contributed by atoms with van der Waals surface area (Å²) in [5.41, 5.74) is 3.06. The van der Waals surface area contributed by atoms with Gasteiger partial charge in [-0.3, -0.25) is 9.69 Å². The Kier molecular flexibility index (Phi) is 5.31. The molecule has 0 unspecified atom stereocenters. The highest BCUT2D eigenvalue weighted by atomic mass is 16.5. The molecule has 0 spiro atoms. The van der Waals surface area contributed by atoms with Crippen LogP contribution in [0.2, 0.25) is 0 Å². The highest BCUT2D eigenvalue weighted by molar-refractivity contribution is 5.39. The van der Waals surface area contributed by atoms with Crippen LogP contribution >= 0.6 is 0 Å². The van der Waals surface area contributed by atoms with E-state index < -0.39 is 0 Å². The van der Waals surface area contributed by atoms with E-state index >= 15 is 0 Å². The summed E-state index contributed by atoms with van der Waals surface area (Å²) in [7, 11) is 2.01. The molecule has 0 N–H and O–H groups in total. The molecule has 0 saturated carbocycles. The largest absolute Gasteiger partial charge is 0.360 e. The standard InChI is InChI=1S/C23H28N6O2/c1-3-19-10-20(31-26-19)15-27(2)13-17-6-7-21-18-9-16(12-29(21)23(17)30)11-28(14-18)22-5-4-8-24-25-22/h4-8,10,16,18H,3,9,11-15H2,1-2H3/t16-,18+/m0/s1. The van der Waals surface area contributed by atoms with Crippen LogP contribution in [0.1, 0.15) is 42.0 Å². The van der Waals surface area contributed by atoms with Gasteiger partial charge in [-0.1, -0.05) is 18.1 Å². The summed E-state index contributed by atoms with van der Waals surface area (Å²) < 4.78 is 7.41. The van der Waals surface area contributed by atoms with Gasteiger partial charge in [0.15, 0.2) is 11.6 Å². The van der Waals surface area contributed by atoms with Crippen molar-refractivity contribution in [2.24, 2.45) is 5.92 Å². The van der Waals surface area contributed by atoms with Gasteiger partial charge in [-0.15, -0.1) is 5.10 Å². The topological polar surface area (TPSA) is 80.3 Å². The lowest BCUT2D eigenvalue weighted by molar-refractivity contribution is 0.259. The second-order valence-electron chi connectivity index (χ2n) is 8.80. The van der Waals surface area contributed by atoms with Crippen LogP contribution in [0.5, 0.6) is 0 Å². The van der Waals surface area contributed by atoms with Crippen LogP contribution in [-0.4, -0.2) is 45.0 Å². The van der Waals surface area contributed by atoms with Gasteiger partial charge in [-0.25, -0.2) is 0 Å². The molecule has 8 nitrogen and oxygen atoms in total. The summed E-state index contributed by atoms with van der Waals surface area (Å²) in [6.45, 7) is 5.83. The molecular formula is C23H28N6O2. The first kappa shape index (κ1) is 19.9. The molecule has 2 bridgehead atoms. The third kappa shape index (κ3) is 3.99. The fourth-order valence-corrected chi connectivity index (χ4v) is 4.97. The molecule has 8 heteroatoms. The fraction of sp³-hybridized carbons (Fsp3) is 0.478. The summed E-state index contributed by atoms with van der Waals surface area (Å²) in [5.74, 6) is 2.54. The maximum Gasteiger partial charge on any atom is 0.255 e. The zero-order chi connectivity index (χ0) is 21.4. The van der Waals surface area contributed by atoms with Crippen molar-refractivity contribution in [3.8, 4) is 0 Å². The van der Waals surface area contributed by atoms with Gasteiger partial charge in [0.25, 0.3) is 5.56 Å². The predicted octanol–water partition coefficient (Wildman–Crippen LogP) is 2.44. The van der Waals surface area contributed by atoms with Crippen LogP contribution in [0.3, 0.4) is 0 Å². The Labute approximate surface area is 181 Å². The van der Waals surface area contributed by atoms with E-state index in [-0.39, 0.29) is 5.56 Å². The van der Waals surface area contributed by atoms with Gasteiger partial charge in [0.1, 0.15) is 0 Å². The molecule has 0 aromatic carbocycles. The number of rotatable bonds is 6. The Morgan fingerprint density at radius 1 is 1.19 bits per heavy atom. The molecule has 5 heterocycles. The first-order valence-corrected chi connectivity index (χ1v) is 11.0. The van der Waals surface area contributed by atoms with Gasteiger partial charge in [0.2, 0.25) is 0 Å². The van der Waals surface area contributed by atoms with Gasteiger partial charge >= 0.3 is 0 Å². The van der Waals surface area contributed by atoms with Crippen molar-refractivity contribution >= 4 is 5.82 Å². The minimum Gasteiger partial charge on any atom is -0.360 e. The number of fused-ring (bicyclic) bond motifs is 4. The third-order valence-electron chi connectivity index (χ3n) is 6.40. The monoisotopic (exact) mass is 420 g/mol. The minimum atomic E-state index is 0.138. The number of piperidine rings is 1. The third-order valence-corrected chi connectivity index (χ3v) is 6.40. The fourth-order valence-electron chi connectivity index (χ4n) is 4.97. The molecule has 31 heavy (non-hydrogen) atoms. The molecule has 1 saturated heterocycles. The van der Waals surface area contributed by atoms with E-state index in [0.29, 0.717) is 24.9 Å². The van der Waals surface area contributed by atoms with Crippen molar-refractivity contribution in [1.82, 2.24) is 24.8 Å². The average molecular weight is 421 g/mol. The highest BCUT2D eigenvalue weighted by Gasteiger charge is 2.35. The van der Waals surface area contributed by atoms with Gasteiger partial charge < -0.3 is 14.0 Å². The molecule has 0 amide bonds. The Morgan fingerprint density at radius 2 is 2.10 bits per heavy atom. The minimum absolute atomic E-state index is 0.138. The molecule has 0 aliphatic carbocycles. The quantitative estimate of drug-likeness (QED) is 0.606. The van der Waals surface area contributed by atoms with E-state index in [4.69, 9.17) is 4.52 Å². The van der Waals surface area contributed by atoms with Gasteiger partial charge in [-0.05, 0) is 44.0 Å². The number of anilines is 1. The molecule has 0 radical (unpaired) electrons. The van der Waals surface area contributed by atoms with E-state index in [1.54, 1.807) is 6.20 Å². The summed E-state index contributed by atoms with van der Waals surface area (Å²) in [6, 6.07) is 10.1. The zero-order valence-corrected chi connectivity index (χ0v) is 18.1. The van der Waals surface area contributed by atoms with Crippen LogP contribution < -0.4 is 10.5 Å². The Morgan fingerprint density at radius 3 is 2.87 bits per heavy atom. The predicted molar refractivity (Wildman–Crippen MR) is 117 cm³/mol.